The molecule has 0 aromatic heterocycles. The lowest BCUT2D eigenvalue weighted by molar-refractivity contribution is -0.0556. The van der Waals surface area contributed by atoms with Crippen molar-refractivity contribution in [2.75, 3.05) is 6.61 Å². The predicted octanol–water partition coefficient (Wildman–Crippen LogP) is 2.24. The predicted molar refractivity (Wildman–Crippen MR) is 46.8 cm³/mol. The van der Waals surface area contributed by atoms with E-state index in [1.54, 1.807) is 0 Å². The summed E-state index contributed by atoms with van der Waals surface area (Å²) in [5, 5.41) is 17.4. The third-order valence-electron chi connectivity index (χ3n) is 1.57. The number of hydrogen-bond acceptors (Lipinski definition) is 2. The maximum absolute atomic E-state index is 12.8. The van der Waals surface area contributed by atoms with Crippen LogP contribution in [0, 0.1) is 0 Å². The van der Waals surface area contributed by atoms with E-state index in [-0.39, 0.29) is 15.8 Å². The van der Waals surface area contributed by atoms with Crippen LogP contribution in [-0.4, -0.2) is 16.8 Å². The zero-order chi connectivity index (χ0) is 10.1. The maximum Gasteiger partial charge on any atom is 0.295 e. The van der Waals surface area contributed by atoms with Crippen LogP contribution in [0.15, 0.2) is 22.7 Å². The molecule has 5 heteroatoms. The van der Waals surface area contributed by atoms with Crippen LogP contribution < -0.4 is 0 Å². The van der Waals surface area contributed by atoms with Gasteiger partial charge in [0.05, 0.1) is 4.47 Å². The molecule has 0 spiro atoms. The van der Waals surface area contributed by atoms with Crippen LogP contribution in [0.3, 0.4) is 0 Å². The normalized spacial score (nSPS) is 11.7. The highest BCUT2D eigenvalue weighted by Gasteiger charge is 2.30. The minimum absolute atomic E-state index is 0.113. The summed E-state index contributed by atoms with van der Waals surface area (Å²) in [6.45, 7) is -1.25. The molecule has 1 aromatic carbocycles. The van der Waals surface area contributed by atoms with E-state index in [9.17, 15) is 8.78 Å². The van der Waals surface area contributed by atoms with Crippen LogP contribution in [0.2, 0.25) is 0 Å². The van der Waals surface area contributed by atoms with E-state index in [0.29, 0.717) is 0 Å². The van der Waals surface area contributed by atoms with Gasteiger partial charge in [0.25, 0.3) is 5.92 Å². The molecule has 13 heavy (non-hydrogen) atoms. The summed E-state index contributed by atoms with van der Waals surface area (Å²) in [5.74, 6) is -3.38. The number of aliphatic hydroxyl groups is 1. The van der Waals surface area contributed by atoms with E-state index in [1.165, 1.54) is 0 Å². The molecular formula is C8H7BrF2O2. The summed E-state index contributed by atoms with van der Waals surface area (Å²) in [4.78, 5) is 0. The molecule has 0 heterocycles. The van der Waals surface area contributed by atoms with Crippen LogP contribution in [0.25, 0.3) is 0 Å². The molecule has 0 saturated heterocycles. The Balaban J connectivity index is 3.10. The number of rotatable bonds is 2. The summed E-state index contributed by atoms with van der Waals surface area (Å²) in [6.07, 6.45) is 0. The van der Waals surface area contributed by atoms with E-state index in [2.05, 4.69) is 15.9 Å². The first kappa shape index (κ1) is 10.4. The second-order valence-electron chi connectivity index (χ2n) is 2.53. The Morgan fingerprint density at radius 1 is 1.38 bits per heavy atom. The van der Waals surface area contributed by atoms with Crippen molar-refractivity contribution in [2.45, 2.75) is 5.92 Å². The third kappa shape index (κ3) is 2.16. The molecular weight excluding hydrogens is 246 g/mol. The molecule has 2 nitrogen and oxygen atoms in total. The van der Waals surface area contributed by atoms with Gasteiger partial charge in [-0.1, -0.05) is 0 Å². The van der Waals surface area contributed by atoms with Crippen molar-refractivity contribution < 1.29 is 19.0 Å². The van der Waals surface area contributed by atoms with Crippen LogP contribution in [0.1, 0.15) is 5.56 Å². The molecule has 0 fully saturated rings. The first-order chi connectivity index (χ1) is 5.97. The van der Waals surface area contributed by atoms with Crippen LogP contribution in [0.4, 0.5) is 8.78 Å². The van der Waals surface area contributed by atoms with Crippen LogP contribution in [0.5, 0.6) is 5.75 Å². The fraction of sp³-hybridized carbons (Fsp3) is 0.250. The SMILES string of the molecule is OCC(F)(F)c1ccc(O)c(Br)c1. The third-order valence-corrected chi connectivity index (χ3v) is 2.20. The van der Waals surface area contributed by atoms with Crippen molar-refractivity contribution in [3.63, 3.8) is 0 Å². The minimum atomic E-state index is -3.27. The summed E-state index contributed by atoms with van der Waals surface area (Å²) < 4.78 is 25.9. The molecule has 1 aromatic rings. The van der Waals surface area contributed by atoms with E-state index < -0.39 is 12.5 Å². The number of alkyl halides is 2. The van der Waals surface area contributed by atoms with Crippen molar-refractivity contribution >= 4 is 15.9 Å². The summed E-state index contributed by atoms with van der Waals surface area (Å²) in [7, 11) is 0. The standard InChI is InChI=1S/C8H7BrF2O2/c9-6-3-5(1-2-7(6)13)8(10,11)4-12/h1-3,12-13H,4H2. The minimum Gasteiger partial charge on any atom is -0.507 e. The van der Waals surface area contributed by atoms with Gasteiger partial charge in [0.2, 0.25) is 0 Å². The smallest absolute Gasteiger partial charge is 0.295 e. The number of benzene rings is 1. The monoisotopic (exact) mass is 252 g/mol. The molecule has 0 amide bonds. The Kier molecular flexibility index (Phi) is 2.87. The molecule has 2 N–H and O–H groups in total. The second-order valence-corrected chi connectivity index (χ2v) is 3.38. The van der Waals surface area contributed by atoms with Gasteiger partial charge in [-0.3, -0.25) is 0 Å². The summed E-state index contributed by atoms with van der Waals surface area (Å²) in [5.41, 5.74) is -0.334. The van der Waals surface area contributed by atoms with Crippen molar-refractivity contribution in [2.24, 2.45) is 0 Å². The first-order valence-corrected chi connectivity index (χ1v) is 4.24. The fourth-order valence-electron chi connectivity index (χ4n) is 0.826. The Bertz CT molecular complexity index is 315. The molecule has 0 atom stereocenters. The summed E-state index contributed by atoms with van der Waals surface area (Å²) >= 11 is 2.90. The number of hydrogen-bond donors (Lipinski definition) is 2. The lowest BCUT2D eigenvalue weighted by Crippen LogP contribution is -2.18. The van der Waals surface area contributed by atoms with E-state index in [4.69, 9.17) is 10.2 Å². The van der Waals surface area contributed by atoms with Crippen LogP contribution >= 0.6 is 15.9 Å². The Morgan fingerprint density at radius 3 is 2.46 bits per heavy atom. The zero-order valence-corrected chi connectivity index (χ0v) is 8.05. The lowest BCUT2D eigenvalue weighted by atomic mass is 10.1. The van der Waals surface area contributed by atoms with Gasteiger partial charge in [0, 0.05) is 5.56 Å². The number of aliphatic hydroxyl groups excluding tert-OH is 1. The van der Waals surface area contributed by atoms with Crippen molar-refractivity contribution in [3.8, 4) is 5.75 Å². The first-order valence-electron chi connectivity index (χ1n) is 3.45. The molecule has 1 rings (SSSR count). The Morgan fingerprint density at radius 2 is 2.00 bits per heavy atom. The maximum atomic E-state index is 12.8. The molecule has 0 bridgehead atoms. The zero-order valence-electron chi connectivity index (χ0n) is 6.47. The van der Waals surface area contributed by atoms with Gasteiger partial charge < -0.3 is 10.2 Å². The molecule has 72 valence electrons. The molecule has 0 saturated carbocycles. The van der Waals surface area contributed by atoms with Crippen molar-refractivity contribution in [1.82, 2.24) is 0 Å². The van der Waals surface area contributed by atoms with Gasteiger partial charge in [-0.15, -0.1) is 0 Å². The quantitative estimate of drug-likeness (QED) is 0.848. The van der Waals surface area contributed by atoms with Gasteiger partial charge >= 0.3 is 0 Å². The van der Waals surface area contributed by atoms with Gasteiger partial charge in [-0.2, -0.15) is 8.78 Å². The van der Waals surface area contributed by atoms with E-state index >= 15 is 0 Å². The molecule has 0 aliphatic rings. The van der Waals surface area contributed by atoms with E-state index in [0.717, 1.165) is 18.2 Å². The summed E-state index contributed by atoms with van der Waals surface area (Å²) in [6, 6.07) is 3.28. The number of halogens is 3. The van der Waals surface area contributed by atoms with Gasteiger partial charge in [0.15, 0.2) is 0 Å². The van der Waals surface area contributed by atoms with Gasteiger partial charge in [-0.05, 0) is 34.1 Å². The highest BCUT2D eigenvalue weighted by Crippen LogP contribution is 2.32. The van der Waals surface area contributed by atoms with Gasteiger partial charge in [-0.25, -0.2) is 0 Å². The number of phenolic OH excluding ortho intramolecular Hbond substituents is 1. The second kappa shape index (κ2) is 3.59. The van der Waals surface area contributed by atoms with Crippen LogP contribution in [-0.2, 0) is 5.92 Å². The highest BCUT2D eigenvalue weighted by molar-refractivity contribution is 9.10. The lowest BCUT2D eigenvalue weighted by Gasteiger charge is -2.13. The van der Waals surface area contributed by atoms with Crippen molar-refractivity contribution in [1.29, 1.82) is 0 Å². The Hall–Kier alpha value is -0.680. The molecule has 0 aliphatic heterocycles. The number of phenols is 1. The van der Waals surface area contributed by atoms with Crippen molar-refractivity contribution in [3.05, 3.63) is 28.2 Å². The van der Waals surface area contributed by atoms with Gasteiger partial charge in [0.1, 0.15) is 12.4 Å². The Labute approximate surface area is 81.9 Å². The average Bonchev–Trinajstić information content (AvgIpc) is 2.09. The van der Waals surface area contributed by atoms with E-state index in [1.807, 2.05) is 0 Å². The molecule has 0 radical (unpaired) electrons. The topological polar surface area (TPSA) is 40.5 Å². The molecule has 0 aliphatic carbocycles. The fourth-order valence-corrected chi connectivity index (χ4v) is 1.20. The molecule has 0 unspecified atom stereocenters. The largest absolute Gasteiger partial charge is 0.507 e. The highest BCUT2D eigenvalue weighted by atomic mass is 79.9. The number of aromatic hydroxyl groups is 1. The average molecular weight is 253 g/mol.